The van der Waals surface area contributed by atoms with Gasteiger partial charge in [0.05, 0.1) is 12.0 Å². The summed E-state index contributed by atoms with van der Waals surface area (Å²) in [6, 6.07) is 0. The van der Waals surface area contributed by atoms with E-state index in [4.69, 9.17) is 0 Å². The highest BCUT2D eigenvalue weighted by Gasteiger charge is 2.61. The van der Waals surface area contributed by atoms with E-state index in [-0.39, 0.29) is 17.3 Å². The number of aliphatic hydroxyl groups excluding tert-OH is 2. The van der Waals surface area contributed by atoms with E-state index in [1.165, 1.54) is 19.3 Å². The van der Waals surface area contributed by atoms with Gasteiger partial charge in [0.2, 0.25) is 0 Å². The predicted octanol–water partition coefficient (Wildman–Crippen LogP) is 3.71. The fraction of sp³-hybridized carbons (Fsp3) is 0.857. The number of ketones is 1. The molecule has 0 aliphatic heterocycles. The van der Waals surface area contributed by atoms with Crippen molar-refractivity contribution in [1.82, 2.24) is 0 Å². The van der Waals surface area contributed by atoms with E-state index in [9.17, 15) is 15.0 Å². The van der Waals surface area contributed by atoms with Crippen molar-refractivity contribution in [3.63, 3.8) is 0 Å². The second-order valence-corrected chi connectivity index (χ2v) is 8.07. The smallest absolute Gasteiger partial charge is 0.139 e. The molecule has 0 bridgehead atoms. The Labute approximate surface area is 147 Å². The van der Waals surface area contributed by atoms with Gasteiger partial charge in [0.15, 0.2) is 0 Å². The summed E-state index contributed by atoms with van der Waals surface area (Å²) < 4.78 is 0. The molecule has 2 aliphatic rings. The first-order chi connectivity index (χ1) is 11.4. The molecule has 0 spiro atoms. The van der Waals surface area contributed by atoms with Gasteiger partial charge >= 0.3 is 0 Å². The largest absolute Gasteiger partial charge is 0.392 e. The summed E-state index contributed by atoms with van der Waals surface area (Å²) in [5, 5.41) is 20.5. The highest BCUT2D eigenvalue weighted by atomic mass is 16.3. The number of hydrogen-bond acceptors (Lipinski definition) is 3. The zero-order chi connectivity index (χ0) is 17.7. The fourth-order valence-corrected chi connectivity index (χ4v) is 4.70. The lowest BCUT2D eigenvalue weighted by molar-refractivity contribution is -0.167. The lowest BCUT2D eigenvalue weighted by Gasteiger charge is -2.57. The molecule has 3 heteroatoms. The highest BCUT2D eigenvalue weighted by molar-refractivity contribution is 5.92. The van der Waals surface area contributed by atoms with Gasteiger partial charge in [-0.15, -0.1) is 0 Å². The minimum absolute atomic E-state index is 0.159. The molecule has 5 atom stereocenters. The average molecular weight is 335 g/mol. The lowest BCUT2D eigenvalue weighted by Crippen LogP contribution is -2.60. The SMILES string of the molecule is CCCCCCC[C@H](O)C#C[C@@H]1[C@@H](O)CC[C@@]2(C(C)C)C(=O)C[C@@H]12. The molecule has 0 unspecified atom stereocenters. The molecule has 24 heavy (non-hydrogen) atoms. The monoisotopic (exact) mass is 334 g/mol. The Morgan fingerprint density at radius 3 is 2.58 bits per heavy atom. The Balaban J connectivity index is 1.92. The van der Waals surface area contributed by atoms with Gasteiger partial charge in [-0.05, 0) is 37.5 Å². The number of rotatable bonds is 7. The second-order valence-electron chi connectivity index (χ2n) is 8.07. The Morgan fingerprint density at radius 1 is 1.25 bits per heavy atom. The number of carbonyl (C=O) groups excluding carboxylic acids is 1. The first-order valence-electron chi connectivity index (χ1n) is 9.84. The summed E-state index contributed by atoms with van der Waals surface area (Å²) in [4.78, 5) is 12.3. The third kappa shape index (κ3) is 3.86. The second kappa shape index (κ2) is 8.50. The van der Waals surface area contributed by atoms with Crippen molar-refractivity contribution in [3.05, 3.63) is 0 Å². The summed E-state index contributed by atoms with van der Waals surface area (Å²) in [6.07, 6.45) is 7.46. The summed E-state index contributed by atoms with van der Waals surface area (Å²) in [7, 11) is 0. The molecule has 0 aromatic carbocycles. The summed E-state index contributed by atoms with van der Waals surface area (Å²) in [5.41, 5.74) is -0.274. The summed E-state index contributed by atoms with van der Waals surface area (Å²) >= 11 is 0. The van der Waals surface area contributed by atoms with Gasteiger partial charge in [0, 0.05) is 11.8 Å². The molecular formula is C21H34O3. The quantitative estimate of drug-likeness (QED) is 0.551. The maximum Gasteiger partial charge on any atom is 0.139 e. The molecule has 2 N–H and O–H groups in total. The van der Waals surface area contributed by atoms with E-state index < -0.39 is 12.2 Å². The zero-order valence-electron chi connectivity index (χ0n) is 15.6. The van der Waals surface area contributed by atoms with Gasteiger partial charge in [-0.1, -0.05) is 58.3 Å². The van der Waals surface area contributed by atoms with Crippen molar-refractivity contribution < 1.29 is 15.0 Å². The van der Waals surface area contributed by atoms with Crippen LogP contribution in [-0.4, -0.2) is 28.2 Å². The topological polar surface area (TPSA) is 57.5 Å². The summed E-state index contributed by atoms with van der Waals surface area (Å²) in [6.45, 7) is 6.41. The average Bonchev–Trinajstić information content (AvgIpc) is 2.53. The fourth-order valence-electron chi connectivity index (χ4n) is 4.70. The van der Waals surface area contributed by atoms with Crippen LogP contribution in [0.25, 0.3) is 0 Å². The van der Waals surface area contributed by atoms with Crippen LogP contribution in [0.1, 0.15) is 78.6 Å². The van der Waals surface area contributed by atoms with Crippen LogP contribution in [-0.2, 0) is 4.79 Å². The van der Waals surface area contributed by atoms with Crippen molar-refractivity contribution >= 4 is 5.78 Å². The van der Waals surface area contributed by atoms with E-state index in [1.54, 1.807) is 0 Å². The van der Waals surface area contributed by atoms with Gasteiger partial charge in [0.25, 0.3) is 0 Å². The molecule has 0 radical (unpaired) electrons. The first kappa shape index (κ1) is 19.5. The van der Waals surface area contributed by atoms with Crippen LogP contribution in [0.2, 0.25) is 0 Å². The van der Waals surface area contributed by atoms with Crippen molar-refractivity contribution in [1.29, 1.82) is 0 Å². The number of fused-ring (bicyclic) bond motifs is 1. The number of Topliss-reactive ketones (excluding diaryl/α,β-unsaturated/α-hetero) is 1. The van der Waals surface area contributed by atoms with Gasteiger partial charge in [-0.2, -0.15) is 0 Å². The minimum Gasteiger partial charge on any atom is -0.392 e. The van der Waals surface area contributed by atoms with Crippen LogP contribution in [0.4, 0.5) is 0 Å². The van der Waals surface area contributed by atoms with E-state index in [0.29, 0.717) is 31.0 Å². The van der Waals surface area contributed by atoms with Crippen molar-refractivity contribution in [2.24, 2.45) is 23.2 Å². The maximum absolute atomic E-state index is 12.3. The molecule has 0 saturated heterocycles. The van der Waals surface area contributed by atoms with Gasteiger partial charge < -0.3 is 10.2 Å². The normalized spacial score (nSPS) is 33.4. The standard InChI is InChI=1S/C21H34O3/c1-4-5-6-7-8-9-16(22)10-11-17-18-14-20(24)21(18,15(2)3)13-12-19(17)23/h15-19,22-23H,4-9,12-14H2,1-3H3/t16-,17-,18-,19-,21-/m0/s1. The van der Waals surface area contributed by atoms with Crippen LogP contribution in [0.5, 0.6) is 0 Å². The van der Waals surface area contributed by atoms with Crippen molar-refractivity contribution in [2.45, 2.75) is 90.8 Å². The first-order valence-corrected chi connectivity index (χ1v) is 9.84. The molecule has 0 aromatic heterocycles. The van der Waals surface area contributed by atoms with Crippen LogP contribution in [0.3, 0.4) is 0 Å². The molecule has 2 fully saturated rings. The zero-order valence-corrected chi connectivity index (χ0v) is 15.6. The highest BCUT2D eigenvalue weighted by Crippen LogP contribution is 2.59. The third-order valence-corrected chi connectivity index (χ3v) is 6.32. The molecule has 3 nitrogen and oxygen atoms in total. The van der Waals surface area contributed by atoms with Crippen molar-refractivity contribution in [3.8, 4) is 11.8 Å². The summed E-state index contributed by atoms with van der Waals surface area (Å²) in [5.74, 6) is 6.76. The maximum atomic E-state index is 12.3. The lowest BCUT2D eigenvalue weighted by atomic mass is 9.45. The molecule has 2 saturated carbocycles. The van der Waals surface area contributed by atoms with Crippen LogP contribution < -0.4 is 0 Å². The number of hydrogen-bond donors (Lipinski definition) is 2. The molecule has 2 aliphatic carbocycles. The minimum atomic E-state index is -0.606. The molecule has 2 rings (SSSR count). The van der Waals surface area contributed by atoms with Gasteiger partial charge in [0.1, 0.15) is 11.9 Å². The van der Waals surface area contributed by atoms with Gasteiger partial charge in [-0.3, -0.25) is 4.79 Å². The van der Waals surface area contributed by atoms with E-state index >= 15 is 0 Å². The van der Waals surface area contributed by atoms with Crippen LogP contribution in [0, 0.1) is 35.0 Å². The Kier molecular flexibility index (Phi) is 6.89. The molecule has 0 amide bonds. The van der Waals surface area contributed by atoms with E-state index in [0.717, 1.165) is 19.3 Å². The Hall–Kier alpha value is -0.850. The molecular weight excluding hydrogens is 300 g/mol. The predicted molar refractivity (Wildman–Crippen MR) is 96.3 cm³/mol. The Bertz CT molecular complexity index is 487. The van der Waals surface area contributed by atoms with Gasteiger partial charge in [-0.25, -0.2) is 0 Å². The molecule has 0 aromatic rings. The molecule has 0 heterocycles. The van der Waals surface area contributed by atoms with Crippen LogP contribution >= 0.6 is 0 Å². The van der Waals surface area contributed by atoms with E-state index in [1.807, 2.05) is 0 Å². The number of carbonyl (C=O) groups is 1. The van der Waals surface area contributed by atoms with E-state index in [2.05, 4.69) is 32.6 Å². The molecule has 136 valence electrons. The number of unbranched alkanes of at least 4 members (excludes halogenated alkanes) is 4. The van der Waals surface area contributed by atoms with Crippen LogP contribution in [0.15, 0.2) is 0 Å². The third-order valence-electron chi connectivity index (χ3n) is 6.32. The number of aliphatic hydroxyl groups is 2. The van der Waals surface area contributed by atoms with Crippen molar-refractivity contribution in [2.75, 3.05) is 0 Å². The Morgan fingerprint density at radius 2 is 1.96 bits per heavy atom.